The van der Waals surface area contributed by atoms with Crippen molar-refractivity contribution in [2.45, 2.75) is 19.9 Å². The molecule has 154 valence electrons. The van der Waals surface area contributed by atoms with Gasteiger partial charge in [0.1, 0.15) is 5.75 Å². The van der Waals surface area contributed by atoms with E-state index in [2.05, 4.69) is 10.4 Å². The molecule has 0 aliphatic carbocycles. The van der Waals surface area contributed by atoms with Crippen LogP contribution in [0, 0.1) is 5.92 Å². The molecule has 1 fully saturated rings. The predicted molar refractivity (Wildman–Crippen MR) is 113 cm³/mol. The van der Waals surface area contributed by atoms with Crippen LogP contribution in [-0.4, -0.2) is 34.7 Å². The minimum absolute atomic E-state index is 0.0640. The first kappa shape index (κ1) is 19.7. The van der Waals surface area contributed by atoms with Gasteiger partial charge in [-0.2, -0.15) is 5.10 Å². The van der Waals surface area contributed by atoms with Gasteiger partial charge >= 0.3 is 0 Å². The van der Waals surface area contributed by atoms with Gasteiger partial charge in [0.2, 0.25) is 11.8 Å². The zero-order valence-electron chi connectivity index (χ0n) is 16.8. The molecule has 1 atom stereocenters. The summed E-state index contributed by atoms with van der Waals surface area (Å²) >= 11 is 0. The highest BCUT2D eigenvalue weighted by Gasteiger charge is 2.36. The maximum atomic E-state index is 12.7. The topological polar surface area (TPSA) is 76.5 Å². The number of amides is 2. The summed E-state index contributed by atoms with van der Waals surface area (Å²) in [7, 11) is 0. The van der Waals surface area contributed by atoms with E-state index in [1.54, 1.807) is 15.8 Å². The molecule has 0 saturated carbocycles. The zero-order chi connectivity index (χ0) is 20.9. The van der Waals surface area contributed by atoms with Crippen molar-refractivity contribution in [1.29, 1.82) is 0 Å². The molecule has 1 aliphatic rings. The summed E-state index contributed by atoms with van der Waals surface area (Å²) in [6, 6.07) is 17.1. The van der Waals surface area contributed by atoms with E-state index >= 15 is 0 Å². The van der Waals surface area contributed by atoms with Gasteiger partial charge in [-0.1, -0.05) is 24.3 Å². The highest BCUT2D eigenvalue weighted by molar-refractivity contribution is 6.01. The Bertz CT molecular complexity index is 1020. The van der Waals surface area contributed by atoms with Crippen molar-refractivity contribution in [2.24, 2.45) is 5.92 Å². The molecule has 0 radical (unpaired) electrons. The maximum Gasteiger partial charge on any atom is 0.227 e. The van der Waals surface area contributed by atoms with Gasteiger partial charge in [-0.05, 0) is 42.8 Å². The van der Waals surface area contributed by atoms with Crippen LogP contribution in [-0.2, 0) is 16.1 Å². The lowest BCUT2D eigenvalue weighted by Gasteiger charge is -2.20. The standard InChI is InChI=1S/C23H24N4O3/c1-2-30-21-7-4-3-6-20(21)26-16-18(14-22(26)28)23(29)24-15-17-8-10-19(11-9-17)27-13-5-12-25-27/h3-13,18H,2,14-16H2,1H3,(H,24,29). The smallest absolute Gasteiger partial charge is 0.227 e. The quantitative estimate of drug-likeness (QED) is 0.657. The normalized spacial score (nSPS) is 16.0. The molecule has 0 bridgehead atoms. The summed E-state index contributed by atoms with van der Waals surface area (Å²) in [6.45, 7) is 3.19. The summed E-state index contributed by atoms with van der Waals surface area (Å²) in [6.07, 6.45) is 3.81. The number of hydrogen-bond acceptors (Lipinski definition) is 4. The van der Waals surface area contributed by atoms with Crippen molar-refractivity contribution in [3.05, 3.63) is 72.6 Å². The molecule has 0 spiro atoms. The van der Waals surface area contributed by atoms with Crippen LogP contribution < -0.4 is 15.0 Å². The molecule has 1 N–H and O–H groups in total. The van der Waals surface area contributed by atoms with Gasteiger partial charge in [-0.25, -0.2) is 4.68 Å². The second-order valence-electron chi connectivity index (χ2n) is 7.14. The van der Waals surface area contributed by atoms with Crippen LogP contribution in [0.25, 0.3) is 5.69 Å². The van der Waals surface area contributed by atoms with Crippen LogP contribution in [0.15, 0.2) is 67.0 Å². The molecule has 30 heavy (non-hydrogen) atoms. The van der Waals surface area contributed by atoms with E-state index in [-0.39, 0.29) is 24.2 Å². The third-order valence-corrected chi connectivity index (χ3v) is 5.12. The Labute approximate surface area is 175 Å². The third kappa shape index (κ3) is 4.20. The lowest BCUT2D eigenvalue weighted by Crippen LogP contribution is -2.32. The fourth-order valence-electron chi connectivity index (χ4n) is 3.60. The van der Waals surface area contributed by atoms with Gasteiger partial charge in [0.15, 0.2) is 0 Å². The number of para-hydroxylation sites is 2. The van der Waals surface area contributed by atoms with E-state index in [9.17, 15) is 9.59 Å². The number of nitrogens with zero attached hydrogens (tertiary/aromatic N) is 3. The first-order chi connectivity index (χ1) is 14.7. The van der Waals surface area contributed by atoms with Crippen LogP contribution in [0.5, 0.6) is 5.75 Å². The Kier molecular flexibility index (Phi) is 5.79. The van der Waals surface area contributed by atoms with Gasteiger partial charge in [-0.3, -0.25) is 9.59 Å². The Morgan fingerprint density at radius 1 is 1.17 bits per heavy atom. The van der Waals surface area contributed by atoms with Crippen molar-refractivity contribution in [1.82, 2.24) is 15.1 Å². The van der Waals surface area contributed by atoms with Crippen molar-refractivity contribution in [3.8, 4) is 11.4 Å². The van der Waals surface area contributed by atoms with Crippen molar-refractivity contribution in [2.75, 3.05) is 18.1 Å². The number of carbonyl (C=O) groups is 2. The van der Waals surface area contributed by atoms with Crippen molar-refractivity contribution in [3.63, 3.8) is 0 Å². The second-order valence-corrected chi connectivity index (χ2v) is 7.14. The molecule has 4 rings (SSSR count). The van der Waals surface area contributed by atoms with Crippen LogP contribution in [0.4, 0.5) is 5.69 Å². The minimum Gasteiger partial charge on any atom is -0.492 e. The Balaban J connectivity index is 1.36. The van der Waals surface area contributed by atoms with Gasteiger partial charge in [0, 0.05) is 31.9 Å². The molecule has 1 aliphatic heterocycles. The highest BCUT2D eigenvalue weighted by Crippen LogP contribution is 2.33. The molecule has 1 unspecified atom stereocenters. The summed E-state index contributed by atoms with van der Waals surface area (Å²) in [5.41, 5.74) is 2.66. The highest BCUT2D eigenvalue weighted by atomic mass is 16.5. The van der Waals surface area contributed by atoms with E-state index in [0.29, 0.717) is 31.1 Å². The molecular weight excluding hydrogens is 380 g/mol. The van der Waals surface area contributed by atoms with E-state index in [1.165, 1.54) is 0 Å². The molecule has 3 aromatic rings. The fraction of sp³-hybridized carbons (Fsp3) is 0.261. The van der Waals surface area contributed by atoms with Crippen molar-refractivity contribution >= 4 is 17.5 Å². The minimum atomic E-state index is -0.379. The second kappa shape index (κ2) is 8.82. The monoisotopic (exact) mass is 404 g/mol. The lowest BCUT2D eigenvalue weighted by molar-refractivity contribution is -0.126. The first-order valence-electron chi connectivity index (χ1n) is 10.0. The molecule has 2 amide bonds. The summed E-state index contributed by atoms with van der Waals surface area (Å²) < 4.78 is 7.41. The predicted octanol–water partition coefficient (Wildman–Crippen LogP) is 2.94. The van der Waals surface area contributed by atoms with E-state index < -0.39 is 0 Å². The average Bonchev–Trinajstić information content (AvgIpc) is 3.43. The molecular formula is C23H24N4O3. The molecule has 1 saturated heterocycles. The zero-order valence-corrected chi connectivity index (χ0v) is 16.8. The number of nitrogens with one attached hydrogen (secondary N) is 1. The van der Waals surface area contributed by atoms with E-state index in [1.807, 2.05) is 67.7 Å². The molecule has 2 aromatic carbocycles. The SMILES string of the molecule is CCOc1ccccc1N1CC(C(=O)NCc2ccc(-n3cccn3)cc2)CC1=O. The number of anilines is 1. The van der Waals surface area contributed by atoms with Crippen LogP contribution >= 0.6 is 0 Å². The van der Waals surface area contributed by atoms with Crippen LogP contribution in [0.3, 0.4) is 0 Å². The third-order valence-electron chi connectivity index (χ3n) is 5.12. The van der Waals surface area contributed by atoms with E-state index in [0.717, 1.165) is 11.3 Å². The largest absolute Gasteiger partial charge is 0.492 e. The summed E-state index contributed by atoms with van der Waals surface area (Å²) in [5.74, 6) is 0.101. The molecule has 7 heteroatoms. The number of carbonyl (C=O) groups excluding carboxylic acids is 2. The van der Waals surface area contributed by atoms with Gasteiger partial charge in [0.05, 0.1) is 23.9 Å². The number of hydrogen-bond donors (Lipinski definition) is 1. The number of rotatable bonds is 7. The number of benzene rings is 2. The fourth-order valence-corrected chi connectivity index (χ4v) is 3.60. The maximum absolute atomic E-state index is 12.7. The summed E-state index contributed by atoms with van der Waals surface area (Å²) in [5, 5.41) is 7.16. The Morgan fingerprint density at radius 3 is 2.70 bits per heavy atom. The average molecular weight is 404 g/mol. The lowest BCUT2D eigenvalue weighted by atomic mass is 10.1. The molecule has 7 nitrogen and oxygen atoms in total. The van der Waals surface area contributed by atoms with Gasteiger partial charge < -0.3 is 15.0 Å². The first-order valence-corrected chi connectivity index (χ1v) is 10.0. The number of aromatic nitrogens is 2. The molecule has 2 heterocycles. The molecule has 1 aromatic heterocycles. The van der Waals surface area contributed by atoms with Gasteiger partial charge in [-0.15, -0.1) is 0 Å². The number of ether oxygens (including phenoxy) is 1. The van der Waals surface area contributed by atoms with Crippen LogP contribution in [0.2, 0.25) is 0 Å². The summed E-state index contributed by atoms with van der Waals surface area (Å²) in [4.78, 5) is 26.9. The van der Waals surface area contributed by atoms with Gasteiger partial charge in [0.25, 0.3) is 0 Å². The Hall–Kier alpha value is -3.61. The Morgan fingerprint density at radius 2 is 1.97 bits per heavy atom. The van der Waals surface area contributed by atoms with Crippen LogP contribution in [0.1, 0.15) is 18.9 Å². The van der Waals surface area contributed by atoms with Crippen molar-refractivity contribution < 1.29 is 14.3 Å². The van der Waals surface area contributed by atoms with E-state index in [4.69, 9.17) is 4.74 Å².